The lowest BCUT2D eigenvalue weighted by Gasteiger charge is -2.01. The average molecular weight is 238 g/mol. The van der Waals surface area contributed by atoms with Crippen LogP contribution >= 0.6 is 11.6 Å². The van der Waals surface area contributed by atoms with Crippen molar-refractivity contribution in [1.29, 1.82) is 0 Å². The lowest BCUT2D eigenvalue weighted by molar-refractivity contribution is 0.109. The molecular weight excluding hydrogens is 230 g/mol. The minimum atomic E-state index is 0.140. The number of hydrogen-bond donors (Lipinski definition) is 0. The highest BCUT2D eigenvalue weighted by molar-refractivity contribution is 6.30. The van der Waals surface area contributed by atoms with Crippen LogP contribution in [0.4, 0.5) is 0 Å². The Morgan fingerprint density at radius 3 is 3.00 bits per heavy atom. The van der Waals surface area contributed by atoms with Gasteiger partial charge in [0.2, 0.25) is 5.76 Å². The smallest absolute Gasteiger partial charge is 0.255 e. The molecule has 5 heteroatoms. The van der Waals surface area contributed by atoms with Crippen LogP contribution in [-0.2, 0) is 6.61 Å². The van der Waals surface area contributed by atoms with E-state index in [0.29, 0.717) is 17.9 Å². The Morgan fingerprint density at radius 2 is 2.31 bits per heavy atom. The van der Waals surface area contributed by atoms with Crippen LogP contribution in [-0.4, -0.2) is 11.4 Å². The quantitative estimate of drug-likeness (QED) is 0.768. The maximum atomic E-state index is 10.3. The number of carbonyl (C=O) groups excluding carboxylic acids is 1. The molecule has 1 aromatic heterocycles. The van der Waals surface area contributed by atoms with E-state index in [1.807, 2.05) is 12.1 Å². The number of benzene rings is 1. The molecule has 0 N–H and O–H groups in total. The molecule has 82 valence electrons. The van der Waals surface area contributed by atoms with Crippen LogP contribution in [0.3, 0.4) is 0 Å². The standard InChI is InChI=1S/C11H8ClNO3/c12-9-3-1-2-8(4-9)7-15-11-5-10(6-14)16-13-11/h1-6H,7H2. The third-order valence-corrected chi connectivity index (χ3v) is 2.13. The fourth-order valence-electron chi connectivity index (χ4n) is 1.18. The van der Waals surface area contributed by atoms with Crippen molar-refractivity contribution in [3.8, 4) is 5.88 Å². The number of nitrogens with zero attached hydrogens (tertiary/aromatic N) is 1. The maximum Gasteiger partial charge on any atom is 0.255 e. The Labute approximate surface area is 96.8 Å². The van der Waals surface area contributed by atoms with Gasteiger partial charge in [0, 0.05) is 5.02 Å². The van der Waals surface area contributed by atoms with E-state index in [-0.39, 0.29) is 11.6 Å². The first-order valence-corrected chi connectivity index (χ1v) is 4.95. The number of aldehydes is 1. The van der Waals surface area contributed by atoms with Crippen LogP contribution in [0.15, 0.2) is 34.9 Å². The summed E-state index contributed by atoms with van der Waals surface area (Å²) in [5, 5.41) is 4.21. The summed E-state index contributed by atoms with van der Waals surface area (Å²) < 4.78 is 9.96. The molecule has 0 bridgehead atoms. The normalized spacial score (nSPS) is 10.1. The highest BCUT2D eigenvalue weighted by Crippen LogP contribution is 2.14. The second-order valence-electron chi connectivity index (χ2n) is 3.10. The molecule has 1 aromatic carbocycles. The lowest BCUT2D eigenvalue weighted by Crippen LogP contribution is -1.94. The van der Waals surface area contributed by atoms with Crippen molar-refractivity contribution in [2.45, 2.75) is 6.61 Å². The molecule has 0 aliphatic rings. The summed E-state index contributed by atoms with van der Waals surface area (Å²) in [6, 6.07) is 8.72. The van der Waals surface area contributed by atoms with Crippen molar-refractivity contribution in [3.63, 3.8) is 0 Å². The first-order valence-electron chi connectivity index (χ1n) is 4.57. The Balaban J connectivity index is 1.99. The van der Waals surface area contributed by atoms with E-state index in [9.17, 15) is 4.79 Å². The van der Waals surface area contributed by atoms with E-state index in [0.717, 1.165) is 5.56 Å². The molecule has 0 fully saturated rings. The Hall–Kier alpha value is -1.81. The predicted molar refractivity (Wildman–Crippen MR) is 57.7 cm³/mol. The summed E-state index contributed by atoms with van der Waals surface area (Å²) in [5.41, 5.74) is 0.920. The van der Waals surface area contributed by atoms with Crippen LogP contribution in [0.5, 0.6) is 5.88 Å². The van der Waals surface area contributed by atoms with E-state index in [2.05, 4.69) is 9.68 Å². The topological polar surface area (TPSA) is 52.3 Å². The van der Waals surface area contributed by atoms with Gasteiger partial charge >= 0.3 is 0 Å². The summed E-state index contributed by atoms with van der Waals surface area (Å²) in [5.74, 6) is 0.420. The molecule has 0 amide bonds. The minimum absolute atomic E-state index is 0.140. The summed E-state index contributed by atoms with van der Waals surface area (Å²) in [7, 11) is 0. The van der Waals surface area contributed by atoms with Crippen molar-refractivity contribution < 1.29 is 14.1 Å². The van der Waals surface area contributed by atoms with Gasteiger partial charge in [-0.25, -0.2) is 0 Å². The van der Waals surface area contributed by atoms with Gasteiger partial charge in [-0.15, -0.1) is 0 Å². The first-order chi connectivity index (χ1) is 7.78. The Kier molecular flexibility index (Phi) is 3.22. The summed E-state index contributed by atoms with van der Waals surface area (Å²) in [4.78, 5) is 10.3. The van der Waals surface area contributed by atoms with Crippen LogP contribution < -0.4 is 4.74 Å². The number of hydrogen-bond acceptors (Lipinski definition) is 4. The zero-order chi connectivity index (χ0) is 11.4. The Bertz CT molecular complexity index is 495. The number of halogens is 1. The largest absolute Gasteiger partial charge is 0.471 e. The van der Waals surface area contributed by atoms with Crippen LogP contribution in [0.1, 0.15) is 16.1 Å². The van der Waals surface area contributed by atoms with Gasteiger partial charge in [-0.1, -0.05) is 23.7 Å². The molecule has 2 rings (SSSR count). The molecule has 0 aliphatic carbocycles. The third-order valence-electron chi connectivity index (χ3n) is 1.90. The maximum absolute atomic E-state index is 10.3. The molecule has 0 atom stereocenters. The molecule has 4 nitrogen and oxygen atoms in total. The van der Waals surface area contributed by atoms with Gasteiger partial charge in [0.05, 0.1) is 6.07 Å². The highest BCUT2D eigenvalue weighted by Gasteiger charge is 2.03. The van der Waals surface area contributed by atoms with E-state index in [4.69, 9.17) is 16.3 Å². The van der Waals surface area contributed by atoms with E-state index in [1.54, 1.807) is 12.1 Å². The zero-order valence-electron chi connectivity index (χ0n) is 8.22. The van der Waals surface area contributed by atoms with Gasteiger partial charge < -0.3 is 9.26 Å². The molecule has 0 radical (unpaired) electrons. The number of aromatic nitrogens is 1. The summed E-state index contributed by atoms with van der Waals surface area (Å²) >= 11 is 5.82. The molecule has 0 saturated carbocycles. The van der Waals surface area contributed by atoms with Crippen LogP contribution in [0, 0.1) is 0 Å². The Morgan fingerprint density at radius 1 is 1.44 bits per heavy atom. The monoisotopic (exact) mass is 237 g/mol. The lowest BCUT2D eigenvalue weighted by atomic mass is 10.2. The second kappa shape index (κ2) is 4.81. The van der Waals surface area contributed by atoms with Gasteiger partial charge in [-0.3, -0.25) is 4.79 Å². The van der Waals surface area contributed by atoms with Gasteiger partial charge in [0.1, 0.15) is 6.61 Å². The SMILES string of the molecule is O=Cc1cc(OCc2cccc(Cl)c2)no1. The summed E-state index contributed by atoms with van der Waals surface area (Å²) in [6.07, 6.45) is 0.569. The predicted octanol–water partition coefficient (Wildman–Crippen LogP) is 2.72. The fourth-order valence-corrected chi connectivity index (χ4v) is 1.39. The fraction of sp³-hybridized carbons (Fsp3) is 0.0909. The number of ether oxygens (including phenoxy) is 1. The van der Waals surface area contributed by atoms with Crippen molar-refractivity contribution >= 4 is 17.9 Å². The molecule has 0 spiro atoms. The van der Waals surface area contributed by atoms with Gasteiger partial charge in [0.15, 0.2) is 6.29 Å². The van der Waals surface area contributed by atoms with Crippen molar-refractivity contribution in [2.24, 2.45) is 0 Å². The van der Waals surface area contributed by atoms with Crippen molar-refractivity contribution in [2.75, 3.05) is 0 Å². The van der Waals surface area contributed by atoms with Gasteiger partial charge in [-0.2, -0.15) is 0 Å². The molecule has 2 aromatic rings. The van der Waals surface area contributed by atoms with Crippen LogP contribution in [0.2, 0.25) is 5.02 Å². The van der Waals surface area contributed by atoms with E-state index < -0.39 is 0 Å². The minimum Gasteiger partial charge on any atom is -0.471 e. The molecule has 0 aliphatic heterocycles. The number of rotatable bonds is 4. The second-order valence-corrected chi connectivity index (χ2v) is 3.54. The van der Waals surface area contributed by atoms with E-state index >= 15 is 0 Å². The highest BCUT2D eigenvalue weighted by atomic mass is 35.5. The molecule has 1 heterocycles. The van der Waals surface area contributed by atoms with E-state index in [1.165, 1.54) is 6.07 Å². The van der Waals surface area contributed by atoms with Crippen molar-refractivity contribution in [3.05, 3.63) is 46.7 Å². The third kappa shape index (κ3) is 2.61. The van der Waals surface area contributed by atoms with Crippen molar-refractivity contribution in [1.82, 2.24) is 5.16 Å². The van der Waals surface area contributed by atoms with Gasteiger partial charge in [0.25, 0.3) is 5.88 Å². The molecular formula is C11H8ClNO3. The molecule has 16 heavy (non-hydrogen) atoms. The first kappa shape index (κ1) is 10.7. The zero-order valence-corrected chi connectivity index (χ0v) is 8.98. The molecule has 0 saturated heterocycles. The molecule has 0 unspecified atom stereocenters. The van der Waals surface area contributed by atoms with Gasteiger partial charge in [-0.05, 0) is 22.9 Å². The number of carbonyl (C=O) groups is 1. The van der Waals surface area contributed by atoms with Crippen LogP contribution in [0.25, 0.3) is 0 Å². The summed E-state index contributed by atoms with van der Waals surface area (Å²) in [6.45, 7) is 0.325. The average Bonchev–Trinajstić information content (AvgIpc) is 2.74.